The van der Waals surface area contributed by atoms with Crippen LogP contribution in [0.3, 0.4) is 0 Å². The van der Waals surface area contributed by atoms with Crippen LogP contribution in [0.1, 0.15) is 26.7 Å². The number of nitrogens with zero attached hydrogens (tertiary/aromatic N) is 2. The lowest BCUT2D eigenvalue weighted by Gasteiger charge is -2.24. The lowest BCUT2D eigenvalue weighted by molar-refractivity contribution is -0.116. The third-order valence-electron chi connectivity index (χ3n) is 2.63. The number of Topliss-reactive ketones (excluding diaryl/α,β-unsaturated/α-hetero) is 1. The summed E-state index contributed by atoms with van der Waals surface area (Å²) in [6, 6.07) is 10.2. The van der Waals surface area contributed by atoms with Crippen molar-refractivity contribution in [1.82, 2.24) is 0 Å². The fourth-order valence-electron chi connectivity index (χ4n) is 1.64. The van der Waals surface area contributed by atoms with Crippen LogP contribution < -0.4 is 4.67 Å². The highest BCUT2D eigenvalue weighted by Crippen LogP contribution is 2.16. The van der Waals surface area contributed by atoms with Gasteiger partial charge < -0.3 is 4.79 Å². The first-order chi connectivity index (χ1) is 8.50. The van der Waals surface area contributed by atoms with Crippen LogP contribution in [0.2, 0.25) is 13.1 Å². The molecule has 0 aliphatic carbocycles. The maximum absolute atomic E-state index is 11.0. The van der Waals surface area contributed by atoms with E-state index in [1.165, 1.54) is 0 Å². The van der Waals surface area contributed by atoms with Gasteiger partial charge in [-0.3, -0.25) is 4.67 Å². The summed E-state index contributed by atoms with van der Waals surface area (Å²) in [6.07, 6.45) is 1.33. The number of hydrazone groups is 1. The molecule has 0 amide bonds. The number of rotatable bonds is 6. The number of para-hydroxylation sites is 1. The van der Waals surface area contributed by atoms with Gasteiger partial charge in [0.1, 0.15) is 5.78 Å². The molecule has 1 aromatic rings. The van der Waals surface area contributed by atoms with Gasteiger partial charge >= 0.3 is 0 Å². The molecule has 18 heavy (non-hydrogen) atoms. The van der Waals surface area contributed by atoms with Gasteiger partial charge in [0.15, 0.2) is 8.96 Å². The lowest BCUT2D eigenvalue weighted by Crippen LogP contribution is -2.30. The molecule has 0 radical (unpaired) electrons. The van der Waals surface area contributed by atoms with Crippen LogP contribution in [0.25, 0.3) is 0 Å². The van der Waals surface area contributed by atoms with Gasteiger partial charge in [-0.05, 0) is 32.4 Å². The van der Waals surface area contributed by atoms with Crippen molar-refractivity contribution in [2.75, 3.05) is 4.67 Å². The predicted molar refractivity (Wildman–Crippen MR) is 80.8 cm³/mol. The summed E-state index contributed by atoms with van der Waals surface area (Å²) in [6.45, 7) is 8.11. The Bertz CT molecular complexity index is 415. The second-order valence-corrected chi connectivity index (χ2v) is 7.49. The first-order valence-corrected chi connectivity index (χ1v) is 9.21. The molecule has 0 heterocycles. The first kappa shape index (κ1) is 14.6. The van der Waals surface area contributed by atoms with Crippen LogP contribution in [0.4, 0.5) is 5.69 Å². The minimum absolute atomic E-state index is 0.220. The molecule has 0 spiro atoms. The highest BCUT2D eigenvalue weighted by atomic mass is 28.3. The first-order valence-electron chi connectivity index (χ1n) is 6.38. The minimum atomic E-state index is -1.06. The topological polar surface area (TPSA) is 32.7 Å². The van der Waals surface area contributed by atoms with E-state index in [0.717, 1.165) is 17.8 Å². The van der Waals surface area contributed by atoms with Crippen LogP contribution in [0.15, 0.2) is 35.4 Å². The third-order valence-corrected chi connectivity index (χ3v) is 4.02. The highest BCUT2D eigenvalue weighted by Gasteiger charge is 2.10. The van der Waals surface area contributed by atoms with Gasteiger partial charge in [-0.1, -0.05) is 31.3 Å². The number of ketones is 1. The molecule has 0 saturated carbocycles. The smallest absolute Gasteiger partial charge is 0.164 e. The number of benzene rings is 1. The summed E-state index contributed by atoms with van der Waals surface area (Å²) in [5, 5.41) is 4.68. The van der Waals surface area contributed by atoms with E-state index in [0.29, 0.717) is 6.42 Å². The maximum Gasteiger partial charge on any atom is 0.164 e. The van der Waals surface area contributed by atoms with Gasteiger partial charge in [-0.25, -0.2) is 0 Å². The minimum Gasteiger partial charge on any atom is -0.300 e. The van der Waals surface area contributed by atoms with Crippen molar-refractivity contribution in [2.45, 2.75) is 39.8 Å². The molecule has 1 aromatic carbocycles. The Morgan fingerprint density at radius 3 is 2.28 bits per heavy atom. The number of hydrogen-bond donors (Lipinski definition) is 0. The average Bonchev–Trinajstić information content (AvgIpc) is 2.34. The zero-order chi connectivity index (χ0) is 13.5. The summed E-state index contributed by atoms with van der Waals surface area (Å²) >= 11 is 0. The normalized spacial score (nSPS) is 11.7. The SMILES string of the molecule is CC(=O)CCC(C)=NN(c1ccccc1)[SiH](C)C. The molecule has 4 heteroatoms. The Morgan fingerprint density at radius 2 is 1.78 bits per heavy atom. The van der Waals surface area contributed by atoms with Crippen molar-refractivity contribution in [3.8, 4) is 0 Å². The molecule has 0 atom stereocenters. The Kier molecular flexibility index (Phi) is 5.78. The second kappa shape index (κ2) is 7.11. The zero-order valence-electron chi connectivity index (χ0n) is 11.7. The van der Waals surface area contributed by atoms with E-state index in [1.54, 1.807) is 6.92 Å². The van der Waals surface area contributed by atoms with E-state index in [9.17, 15) is 4.79 Å². The van der Waals surface area contributed by atoms with Gasteiger partial charge in [0, 0.05) is 17.8 Å². The van der Waals surface area contributed by atoms with E-state index in [-0.39, 0.29) is 5.78 Å². The van der Waals surface area contributed by atoms with E-state index in [4.69, 9.17) is 0 Å². The molecule has 98 valence electrons. The van der Waals surface area contributed by atoms with Gasteiger partial charge in [0.25, 0.3) is 0 Å². The fraction of sp³-hybridized carbons (Fsp3) is 0.429. The molecule has 3 nitrogen and oxygen atoms in total. The Balaban J connectivity index is 2.80. The van der Waals surface area contributed by atoms with Crippen molar-refractivity contribution in [1.29, 1.82) is 0 Å². The standard InChI is InChI=1S/C14H22N2OSi/c1-12(10-11-13(2)17)15-16(18(3)4)14-8-6-5-7-9-14/h5-9,18H,10-11H2,1-4H3. The van der Waals surface area contributed by atoms with Crippen molar-refractivity contribution >= 4 is 26.1 Å². The number of anilines is 1. The van der Waals surface area contributed by atoms with E-state index in [1.807, 2.05) is 25.1 Å². The Labute approximate surface area is 111 Å². The van der Waals surface area contributed by atoms with E-state index < -0.39 is 8.96 Å². The predicted octanol–water partition coefficient (Wildman–Crippen LogP) is 3.22. The van der Waals surface area contributed by atoms with Crippen molar-refractivity contribution < 1.29 is 4.79 Å². The van der Waals surface area contributed by atoms with E-state index in [2.05, 4.69) is 35.0 Å². The summed E-state index contributed by atoms with van der Waals surface area (Å²) in [4.78, 5) is 11.0. The van der Waals surface area contributed by atoms with Crippen LogP contribution in [-0.2, 0) is 4.79 Å². The highest BCUT2D eigenvalue weighted by molar-refractivity contribution is 6.60. The molecule has 0 saturated heterocycles. The summed E-state index contributed by atoms with van der Waals surface area (Å²) in [5.41, 5.74) is 2.16. The molecule has 0 fully saturated rings. The number of carbonyl (C=O) groups excluding carboxylic acids is 1. The largest absolute Gasteiger partial charge is 0.300 e. The van der Waals surface area contributed by atoms with E-state index >= 15 is 0 Å². The van der Waals surface area contributed by atoms with Gasteiger partial charge in [0.05, 0.1) is 0 Å². The van der Waals surface area contributed by atoms with Crippen LogP contribution >= 0.6 is 0 Å². The molecule has 0 bridgehead atoms. The summed E-state index contributed by atoms with van der Waals surface area (Å²) in [5.74, 6) is 0.220. The molecular weight excluding hydrogens is 240 g/mol. The van der Waals surface area contributed by atoms with Crippen molar-refractivity contribution in [3.05, 3.63) is 30.3 Å². The lowest BCUT2D eigenvalue weighted by atomic mass is 10.2. The molecular formula is C14H22N2OSi. The van der Waals surface area contributed by atoms with Crippen molar-refractivity contribution in [2.24, 2.45) is 5.10 Å². The quantitative estimate of drug-likeness (QED) is 0.448. The zero-order valence-corrected chi connectivity index (χ0v) is 12.8. The summed E-state index contributed by atoms with van der Waals surface area (Å²) in [7, 11) is -1.06. The molecule has 0 aliphatic heterocycles. The monoisotopic (exact) mass is 262 g/mol. The molecule has 1 rings (SSSR count). The Morgan fingerprint density at radius 1 is 1.17 bits per heavy atom. The van der Waals surface area contributed by atoms with Crippen LogP contribution in [0.5, 0.6) is 0 Å². The molecule has 0 unspecified atom stereocenters. The number of hydrogen-bond acceptors (Lipinski definition) is 3. The fourth-order valence-corrected chi connectivity index (χ4v) is 2.84. The van der Waals surface area contributed by atoms with Gasteiger partial charge in [-0.15, -0.1) is 0 Å². The summed E-state index contributed by atoms with van der Waals surface area (Å²) < 4.78 is 2.13. The third kappa shape index (κ3) is 4.83. The Hall–Kier alpha value is -1.42. The van der Waals surface area contributed by atoms with Crippen LogP contribution in [0, 0.1) is 0 Å². The number of carbonyl (C=O) groups is 1. The molecule has 0 aromatic heterocycles. The van der Waals surface area contributed by atoms with Crippen molar-refractivity contribution in [3.63, 3.8) is 0 Å². The molecule has 0 aliphatic rings. The molecule has 0 N–H and O–H groups in total. The van der Waals surface area contributed by atoms with Gasteiger partial charge in [-0.2, -0.15) is 5.10 Å². The second-order valence-electron chi connectivity index (χ2n) is 4.81. The van der Waals surface area contributed by atoms with Crippen LogP contribution in [-0.4, -0.2) is 20.5 Å². The average molecular weight is 262 g/mol. The van der Waals surface area contributed by atoms with Gasteiger partial charge in [0.2, 0.25) is 0 Å². The maximum atomic E-state index is 11.0.